The van der Waals surface area contributed by atoms with Crippen LogP contribution in [0.2, 0.25) is 0 Å². The number of fused-ring (bicyclic) bond motifs is 4. The highest BCUT2D eigenvalue weighted by Gasteiger charge is 2.42. The van der Waals surface area contributed by atoms with Gasteiger partial charge in [0.05, 0.1) is 38.6 Å². The number of aromatic nitrogens is 4. The van der Waals surface area contributed by atoms with E-state index >= 15 is 8.78 Å². The molecule has 10 rings (SSSR count). The molecule has 2 fully saturated rings. The molecule has 0 bridgehead atoms. The second-order valence-corrected chi connectivity index (χ2v) is 16.4. The minimum absolute atomic E-state index is 0.0383. The maximum absolute atomic E-state index is 15.2. The first-order valence-electron chi connectivity index (χ1n) is 20.7. The number of alkyl halides is 2. The van der Waals surface area contributed by atoms with Crippen molar-refractivity contribution in [3.05, 3.63) is 82.4 Å². The molecular formula is C44H45F2N9O6. The molecule has 1 N–H and O–H groups in total. The van der Waals surface area contributed by atoms with Crippen molar-refractivity contribution in [2.75, 3.05) is 50.2 Å². The number of pyridine rings is 1. The molecule has 0 radical (unpaired) electrons. The van der Waals surface area contributed by atoms with Crippen LogP contribution in [0.4, 0.5) is 26.0 Å². The number of halogens is 2. The van der Waals surface area contributed by atoms with E-state index in [2.05, 4.69) is 24.8 Å². The maximum atomic E-state index is 15.2. The molecule has 2 saturated heterocycles. The Labute approximate surface area is 349 Å². The first-order chi connectivity index (χ1) is 29.5. The predicted octanol–water partition coefficient (Wildman–Crippen LogP) is 5.35. The number of methoxy groups -OCH3 is 2. The minimum Gasteiger partial charge on any atom is -0.496 e. The Morgan fingerprint density at radius 2 is 1.75 bits per heavy atom. The molecule has 0 spiro atoms. The topological polar surface area (TPSA) is 147 Å². The number of nitrogens with zero attached hydrogens (tertiary/aromatic N) is 8. The fourth-order valence-electron chi connectivity index (χ4n) is 9.99. The van der Waals surface area contributed by atoms with Crippen LogP contribution in [0.15, 0.2) is 48.9 Å². The summed E-state index contributed by atoms with van der Waals surface area (Å²) in [7, 11) is 3.05. The van der Waals surface area contributed by atoms with Crippen molar-refractivity contribution in [1.29, 1.82) is 0 Å². The van der Waals surface area contributed by atoms with Crippen molar-refractivity contribution in [1.82, 2.24) is 34.3 Å². The first kappa shape index (κ1) is 38.7. The van der Waals surface area contributed by atoms with Gasteiger partial charge >= 0.3 is 0 Å². The molecular weight excluding hydrogens is 789 g/mol. The van der Waals surface area contributed by atoms with Gasteiger partial charge in [-0.1, -0.05) is 0 Å². The van der Waals surface area contributed by atoms with E-state index in [0.29, 0.717) is 90.9 Å². The zero-order valence-corrected chi connectivity index (χ0v) is 34.1. The van der Waals surface area contributed by atoms with Gasteiger partial charge in [-0.2, -0.15) is 5.10 Å². The zero-order chi connectivity index (χ0) is 42.3. The van der Waals surface area contributed by atoms with Crippen molar-refractivity contribution >= 4 is 46.5 Å². The molecule has 0 saturated carbocycles. The number of aryl methyl sites for hydroxylation is 1. The Morgan fingerprint density at radius 1 is 0.918 bits per heavy atom. The van der Waals surface area contributed by atoms with Crippen LogP contribution in [0.3, 0.4) is 0 Å². The minimum atomic E-state index is -2.77. The normalized spacial score (nSPS) is 20.1. The summed E-state index contributed by atoms with van der Waals surface area (Å²) in [6.07, 6.45) is 5.68. The third-order valence-corrected chi connectivity index (χ3v) is 13.0. The van der Waals surface area contributed by atoms with Gasteiger partial charge in [0, 0.05) is 105 Å². The summed E-state index contributed by atoms with van der Waals surface area (Å²) in [6, 6.07) is 8.32. The number of hydrogen-bond donors (Lipinski definition) is 1. The fourth-order valence-corrected chi connectivity index (χ4v) is 9.99. The molecule has 5 aromatic rings. The van der Waals surface area contributed by atoms with Crippen molar-refractivity contribution in [2.45, 2.75) is 77.0 Å². The smallest absolute Gasteiger partial charge is 0.264 e. The van der Waals surface area contributed by atoms with Gasteiger partial charge in [0.25, 0.3) is 12.3 Å². The second-order valence-electron chi connectivity index (χ2n) is 16.4. The number of amides is 4. The Kier molecular flexibility index (Phi) is 9.43. The van der Waals surface area contributed by atoms with Crippen molar-refractivity contribution in [3.8, 4) is 22.6 Å². The number of hydrogen-bond acceptors (Lipinski definition) is 10. The van der Waals surface area contributed by atoms with E-state index in [0.717, 1.165) is 40.9 Å². The summed E-state index contributed by atoms with van der Waals surface area (Å²) >= 11 is 0. The van der Waals surface area contributed by atoms with Crippen molar-refractivity contribution < 1.29 is 37.4 Å². The lowest BCUT2D eigenvalue weighted by Gasteiger charge is -2.33. The summed E-state index contributed by atoms with van der Waals surface area (Å²) < 4.78 is 45.7. The number of imide groups is 1. The molecule has 5 aliphatic rings. The highest BCUT2D eigenvalue weighted by atomic mass is 19.3. The van der Waals surface area contributed by atoms with Crippen LogP contribution in [0.1, 0.15) is 83.4 Å². The van der Waals surface area contributed by atoms with E-state index in [9.17, 15) is 19.2 Å². The van der Waals surface area contributed by atoms with Gasteiger partial charge in [0.1, 0.15) is 23.2 Å². The van der Waals surface area contributed by atoms with E-state index in [-0.39, 0.29) is 48.7 Å². The van der Waals surface area contributed by atoms with Crippen molar-refractivity contribution in [3.63, 3.8) is 0 Å². The number of carbonyl (C=O) groups is 4. The van der Waals surface area contributed by atoms with E-state index in [4.69, 9.17) is 14.6 Å². The highest BCUT2D eigenvalue weighted by Crippen LogP contribution is 2.46. The lowest BCUT2D eigenvalue weighted by atomic mass is 9.91. The van der Waals surface area contributed by atoms with Crippen molar-refractivity contribution in [2.24, 2.45) is 0 Å². The molecule has 0 aliphatic carbocycles. The Morgan fingerprint density at radius 3 is 2.52 bits per heavy atom. The number of nitrogens with one attached hydrogen (secondary N) is 1. The predicted molar refractivity (Wildman–Crippen MR) is 219 cm³/mol. The van der Waals surface area contributed by atoms with Crippen LogP contribution in [0.25, 0.3) is 16.8 Å². The first-order valence-corrected chi connectivity index (χ1v) is 20.7. The molecule has 8 heterocycles. The van der Waals surface area contributed by atoms with Crippen LogP contribution < -0.4 is 24.6 Å². The number of carbonyl (C=O) groups excluding carboxylic acids is 4. The van der Waals surface area contributed by atoms with E-state index in [1.54, 1.807) is 42.0 Å². The zero-order valence-electron chi connectivity index (χ0n) is 34.1. The number of ether oxygens (including phenoxy) is 2. The van der Waals surface area contributed by atoms with Crippen LogP contribution in [-0.2, 0) is 40.3 Å². The lowest BCUT2D eigenvalue weighted by Crippen LogP contribution is -2.52. The molecule has 2 atom stereocenters. The van der Waals surface area contributed by atoms with Crippen LogP contribution in [0.5, 0.6) is 11.5 Å². The second kappa shape index (κ2) is 14.9. The van der Waals surface area contributed by atoms with Crippen LogP contribution in [-0.4, -0.2) is 99.0 Å². The number of piperidine rings is 1. The van der Waals surface area contributed by atoms with Crippen LogP contribution in [0, 0.1) is 0 Å². The van der Waals surface area contributed by atoms with Gasteiger partial charge in [0.2, 0.25) is 17.7 Å². The quantitative estimate of drug-likeness (QED) is 0.203. The maximum Gasteiger partial charge on any atom is 0.264 e. The SMILES string of the molecule is COc1cn2ccnc2cc1-c1cc2c(cc1C(F)F)N(c1nn([C@@H]3CCN(c4cc5c(c(OC)c4)C(=O)N(C4CCC(=O)NC4=O)C5)C3)c3c1CN(C(C)=O)CC3)CCC2. The lowest BCUT2D eigenvalue weighted by molar-refractivity contribution is -0.137. The molecule has 15 nitrogen and oxygen atoms in total. The average molecular weight is 834 g/mol. The van der Waals surface area contributed by atoms with Gasteiger partial charge in [-0.05, 0) is 66.6 Å². The molecule has 2 aromatic carbocycles. The summed E-state index contributed by atoms with van der Waals surface area (Å²) in [5.41, 5.74) is 7.07. The number of benzene rings is 2. The van der Waals surface area contributed by atoms with Gasteiger partial charge in [-0.15, -0.1) is 0 Å². The summed E-state index contributed by atoms with van der Waals surface area (Å²) in [6.45, 7) is 4.57. The van der Waals surface area contributed by atoms with Crippen LogP contribution >= 0.6 is 0 Å². The number of anilines is 3. The highest BCUT2D eigenvalue weighted by molar-refractivity contribution is 6.07. The summed E-state index contributed by atoms with van der Waals surface area (Å²) in [4.78, 5) is 63.0. The van der Waals surface area contributed by atoms with Gasteiger partial charge in [-0.3, -0.25) is 29.2 Å². The third-order valence-electron chi connectivity index (χ3n) is 13.0. The summed E-state index contributed by atoms with van der Waals surface area (Å²) in [5.74, 6) is 0.420. The third kappa shape index (κ3) is 6.43. The Balaban J connectivity index is 0.986. The Hall–Kier alpha value is -6.52. The molecule has 61 heavy (non-hydrogen) atoms. The molecule has 1 unspecified atom stereocenters. The standard InChI is InChI=1S/C44H45F2N9O6/c1-24(56)50-13-9-33-32(22-50)42(53-11-4-5-25-16-29(31(41(45)46)18-35(25)53)30-19-38-47-10-14-52(38)23-37(30)61-3)49-55(33)27-8-12-51(21-27)28-15-26-20-54(34-6-7-39(57)48-43(34)58)44(59)40(26)36(17-28)60-2/h10,14-19,23,27,34,41H,4-9,11-13,20-22H2,1-3H3,(H,48,57,58)/t27-,34?/m1/s1. The molecule has 316 valence electrons. The fraction of sp³-hybridized carbons (Fsp3) is 0.409. The molecule has 17 heteroatoms. The largest absolute Gasteiger partial charge is 0.496 e. The molecule has 5 aliphatic heterocycles. The number of rotatable bonds is 8. The molecule has 3 aromatic heterocycles. The average Bonchev–Trinajstić information content (AvgIpc) is 4.07. The number of imidazole rings is 1. The Bertz CT molecular complexity index is 2660. The summed E-state index contributed by atoms with van der Waals surface area (Å²) in [5, 5.41) is 7.69. The molecule has 4 amide bonds. The van der Waals surface area contributed by atoms with Gasteiger partial charge in [-0.25, -0.2) is 13.8 Å². The van der Waals surface area contributed by atoms with Gasteiger partial charge < -0.3 is 33.5 Å². The van der Waals surface area contributed by atoms with E-state index in [1.165, 1.54) is 19.1 Å². The monoisotopic (exact) mass is 833 g/mol. The van der Waals surface area contributed by atoms with E-state index < -0.39 is 18.4 Å². The van der Waals surface area contributed by atoms with Gasteiger partial charge in [0.15, 0.2) is 5.82 Å². The van der Waals surface area contributed by atoms with E-state index in [1.807, 2.05) is 23.1 Å².